The molecule has 2 heterocycles. The number of piperidine rings is 1. The van der Waals surface area contributed by atoms with Crippen molar-refractivity contribution >= 4 is 11.3 Å². The van der Waals surface area contributed by atoms with Crippen LogP contribution in [0.3, 0.4) is 0 Å². The van der Waals surface area contributed by atoms with Gasteiger partial charge in [0.2, 0.25) is 0 Å². The molecule has 2 aromatic rings. The predicted molar refractivity (Wildman–Crippen MR) is 93.1 cm³/mol. The van der Waals surface area contributed by atoms with Gasteiger partial charge in [-0.2, -0.15) is 0 Å². The lowest BCUT2D eigenvalue weighted by Gasteiger charge is -2.44. The summed E-state index contributed by atoms with van der Waals surface area (Å²) in [5.41, 5.74) is 1.14. The molecule has 0 amide bonds. The summed E-state index contributed by atoms with van der Waals surface area (Å²) in [7, 11) is 0. The third-order valence-electron chi connectivity index (χ3n) is 4.59. The van der Waals surface area contributed by atoms with Crippen LogP contribution in [0.15, 0.2) is 47.8 Å². The highest BCUT2D eigenvalue weighted by atomic mass is 32.1. The minimum Gasteiger partial charge on any atom is -0.356 e. The largest absolute Gasteiger partial charge is 0.356 e. The number of ether oxygens (including phenoxy) is 1. The fraction of sp³-hybridized carbons (Fsp3) is 0.474. The van der Waals surface area contributed by atoms with Crippen molar-refractivity contribution in [1.29, 1.82) is 0 Å². The molecule has 1 unspecified atom stereocenters. The van der Waals surface area contributed by atoms with E-state index in [4.69, 9.17) is 4.74 Å². The van der Waals surface area contributed by atoms with E-state index in [1.165, 1.54) is 23.3 Å². The van der Waals surface area contributed by atoms with Gasteiger partial charge >= 0.3 is 0 Å². The highest BCUT2D eigenvalue weighted by molar-refractivity contribution is 7.09. The monoisotopic (exact) mass is 315 g/mol. The first-order valence-electron chi connectivity index (χ1n) is 8.22. The van der Waals surface area contributed by atoms with Crippen LogP contribution in [0, 0.1) is 0 Å². The Bertz CT molecular complexity index is 554. The van der Waals surface area contributed by atoms with E-state index in [2.05, 4.69) is 59.7 Å². The molecule has 1 saturated heterocycles. The van der Waals surface area contributed by atoms with E-state index >= 15 is 0 Å². The van der Waals surface area contributed by atoms with Gasteiger partial charge in [0.25, 0.3) is 0 Å². The lowest BCUT2D eigenvalue weighted by molar-refractivity contribution is -0.170. The Kier molecular flexibility index (Phi) is 5.29. The second-order valence-corrected chi connectivity index (χ2v) is 7.26. The van der Waals surface area contributed by atoms with E-state index < -0.39 is 0 Å². The normalized spacial score (nSPS) is 22.8. The van der Waals surface area contributed by atoms with Crippen molar-refractivity contribution in [3.8, 4) is 0 Å². The van der Waals surface area contributed by atoms with Crippen LogP contribution >= 0.6 is 11.3 Å². The molecule has 0 bridgehead atoms. The van der Waals surface area contributed by atoms with Gasteiger partial charge in [0.1, 0.15) is 5.72 Å². The van der Waals surface area contributed by atoms with Crippen LogP contribution in [0.2, 0.25) is 0 Å². The maximum absolute atomic E-state index is 6.37. The molecule has 3 heteroatoms. The van der Waals surface area contributed by atoms with Gasteiger partial charge in [0.15, 0.2) is 0 Å². The number of hydrogen-bond donors (Lipinski definition) is 0. The minimum absolute atomic E-state index is 0.120. The topological polar surface area (TPSA) is 12.5 Å². The first-order chi connectivity index (χ1) is 10.8. The summed E-state index contributed by atoms with van der Waals surface area (Å²) < 4.78 is 6.37. The van der Waals surface area contributed by atoms with Gasteiger partial charge in [-0.05, 0) is 49.6 Å². The average molecular weight is 315 g/mol. The summed E-state index contributed by atoms with van der Waals surface area (Å²) in [5, 5.41) is 2.16. The summed E-state index contributed by atoms with van der Waals surface area (Å²) >= 11 is 1.85. The molecular formula is C19H25NOS. The van der Waals surface area contributed by atoms with Crippen molar-refractivity contribution in [1.82, 2.24) is 4.90 Å². The molecule has 118 valence electrons. The van der Waals surface area contributed by atoms with Crippen LogP contribution in [0.5, 0.6) is 0 Å². The molecule has 0 spiro atoms. The Morgan fingerprint density at radius 3 is 2.77 bits per heavy atom. The third kappa shape index (κ3) is 3.97. The van der Waals surface area contributed by atoms with Crippen molar-refractivity contribution in [3.63, 3.8) is 0 Å². The quantitative estimate of drug-likeness (QED) is 0.765. The van der Waals surface area contributed by atoms with E-state index in [1.807, 2.05) is 11.3 Å². The highest BCUT2D eigenvalue weighted by Crippen LogP contribution is 2.30. The summed E-state index contributed by atoms with van der Waals surface area (Å²) in [5.74, 6) is 0. The molecular weight excluding hydrogens is 290 g/mol. The van der Waals surface area contributed by atoms with Gasteiger partial charge in [-0.25, -0.2) is 0 Å². The third-order valence-corrected chi connectivity index (χ3v) is 5.52. The first-order valence-corrected chi connectivity index (χ1v) is 9.10. The van der Waals surface area contributed by atoms with E-state index in [9.17, 15) is 0 Å². The van der Waals surface area contributed by atoms with Gasteiger partial charge in [0, 0.05) is 18.0 Å². The lowest BCUT2D eigenvalue weighted by Crippen LogP contribution is -2.52. The molecule has 0 radical (unpaired) electrons. The van der Waals surface area contributed by atoms with E-state index in [1.54, 1.807) is 0 Å². The number of thiophene rings is 1. The molecule has 1 aliphatic heterocycles. The molecule has 1 fully saturated rings. The second kappa shape index (κ2) is 7.40. The zero-order valence-corrected chi connectivity index (χ0v) is 14.1. The standard InChI is InChI=1S/C19H25NOS/c1-19(21-16-17-8-3-2-4-9-17)12-5-6-13-20(19)14-11-18-10-7-15-22-18/h2-4,7-10,15H,5-6,11-14,16H2,1H3. The van der Waals surface area contributed by atoms with Gasteiger partial charge in [0.05, 0.1) is 6.61 Å². The molecule has 22 heavy (non-hydrogen) atoms. The molecule has 3 rings (SSSR count). The van der Waals surface area contributed by atoms with Gasteiger partial charge < -0.3 is 4.74 Å². The molecule has 2 nitrogen and oxygen atoms in total. The molecule has 0 N–H and O–H groups in total. The average Bonchev–Trinajstić information content (AvgIpc) is 3.07. The first kappa shape index (κ1) is 15.7. The maximum Gasteiger partial charge on any atom is 0.119 e. The number of rotatable bonds is 6. The van der Waals surface area contributed by atoms with Crippen LogP contribution in [0.4, 0.5) is 0 Å². The molecule has 1 aliphatic rings. The van der Waals surface area contributed by atoms with Crippen molar-refractivity contribution in [3.05, 3.63) is 58.3 Å². The minimum atomic E-state index is -0.120. The maximum atomic E-state index is 6.37. The zero-order valence-electron chi connectivity index (χ0n) is 13.3. The Morgan fingerprint density at radius 1 is 1.14 bits per heavy atom. The summed E-state index contributed by atoms with van der Waals surface area (Å²) in [4.78, 5) is 4.01. The molecule has 1 aromatic carbocycles. The molecule has 0 saturated carbocycles. The SMILES string of the molecule is CC1(OCc2ccccc2)CCCCN1CCc1cccs1. The van der Waals surface area contributed by atoms with Crippen LogP contribution < -0.4 is 0 Å². The number of hydrogen-bond acceptors (Lipinski definition) is 3. The Hall–Kier alpha value is -1.16. The van der Waals surface area contributed by atoms with E-state index in [0.717, 1.165) is 25.9 Å². The van der Waals surface area contributed by atoms with Crippen LogP contribution in [0.1, 0.15) is 36.6 Å². The smallest absolute Gasteiger partial charge is 0.119 e. The Balaban J connectivity index is 1.60. The Morgan fingerprint density at radius 2 is 2.00 bits per heavy atom. The summed E-state index contributed by atoms with van der Waals surface area (Å²) in [6.07, 6.45) is 4.81. The van der Waals surface area contributed by atoms with Gasteiger partial charge in [-0.3, -0.25) is 4.90 Å². The van der Waals surface area contributed by atoms with Crippen LogP contribution in [-0.4, -0.2) is 23.7 Å². The van der Waals surface area contributed by atoms with E-state index in [-0.39, 0.29) is 5.72 Å². The van der Waals surface area contributed by atoms with Gasteiger partial charge in [-0.1, -0.05) is 36.4 Å². The van der Waals surface area contributed by atoms with Crippen LogP contribution in [0.25, 0.3) is 0 Å². The lowest BCUT2D eigenvalue weighted by atomic mass is 9.99. The second-order valence-electron chi connectivity index (χ2n) is 6.22. The summed E-state index contributed by atoms with van der Waals surface area (Å²) in [6.45, 7) is 5.21. The van der Waals surface area contributed by atoms with Crippen molar-refractivity contribution in [2.75, 3.05) is 13.1 Å². The van der Waals surface area contributed by atoms with Crippen molar-refractivity contribution in [2.45, 2.75) is 44.9 Å². The van der Waals surface area contributed by atoms with Crippen LogP contribution in [-0.2, 0) is 17.8 Å². The number of likely N-dealkylation sites (tertiary alicyclic amines) is 1. The number of benzene rings is 1. The fourth-order valence-electron chi connectivity index (χ4n) is 3.18. The Labute approximate surface area is 137 Å². The predicted octanol–water partition coefficient (Wildman–Crippen LogP) is 4.71. The molecule has 0 aliphatic carbocycles. The fourth-order valence-corrected chi connectivity index (χ4v) is 3.87. The molecule has 1 atom stereocenters. The zero-order chi connectivity index (χ0) is 15.3. The summed E-state index contributed by atoms with van der Waals surface area (Å²) in [6, 6.07) is 14.9. The van der Waals surface area contributed by atoms with Crippen molar-refractivity contribution < 1.29 is 4.74 Å². The highest BCUT2D eigenvalue weighted by Gasteiger charge is 2.34. The number of nitrogens with zero attached hydrogens (tertiary/aromatic N) is 1. The van der Waals surface area contributed by atoms with Crippen molar-refractivity contribution in [2.24, 2.45) is 0 Å². The van der Waals surface area contributed by atoms with E-state index in [0.29, 0.717) is 6.61 Å². The van der Waals surface area contributed by atoms with Gasteiger partial charge in [-0.15, -0.1) is 11.3 Å². The molecule has 1 aromatic heterocycles.